The molecule has 2 atom stereocenters. The van der Waals surface area contributed by atoms with Crippen LogP contribution in [0.2, 0.25) is 0 Å². The van der Waals surface area contributed by atoms with E-state index < -0.39 is 0 Å². The minimum Gasteiger partial charge on any atom is -0.508 e. The lowest BCUT2D eigenvalue weighted by molar-refractivity contribution is 0.448. The van der Waals surface area contributed by atoms with Crippen molar-refractivity contribution in [2.24, 2.45) is 11.7 Å². The summed E-state index contributed by atoms with van der Waals surface area (Å²) in [5.74, 6) is 0.734. The van der Waals surface area contributed by atoms with Gasteiger partial charge < -0.3 is 10.8 Å². The maximum absolute atomic E-state index is 9.26. The number of phenols is 1. The number of rotatable bonds is 3. The first-order chi connectivity index (χ1) is 6.15. The summed E-state index contributed by atoms with van der Waals surface area (Å²) in [4.78, 5) is 0. The van der Waals surface area contributed by atoms with Crippen LogP contribution in [-0.4, -0.2) is 5.11 Å². The molecule has 0 aliphatic carbocycles. The van der Waals surface area contributed by atoms with Crippen molar-refractivity contribution in [3.63, 3.8) is 0 Å². The Balaban J connectivity index is 0.00000169. The van der Waals surface area contributed by atoms with Crippen LogP contribution in [0, 0.1) is 5.92 Å². The number of hydrogen-bond donors (Lipinski definition) is 2. The second-order valence-electron chi connectivity index (χ2n) is 3.51. The molecular weight excluding hydrogens is 198 g/mol. The van der Waals surface area contributed by atoms with Gasteiger partial charge in [0.05, 0.1) is 0 Å². The number of aromatic hydroxyl groups is 1. The lowest BCUT2D eigenvalue weighted by Crippen LogP contribution is -2.18. The van der Waals surface area contributed by atoms with Crippen LogP contribution in [0.3, 0.4) is 0 Å². The van der Waals surface area contributed by atoms with Crippen LogP contribution in [-0.2, 0) is 0 Å². The van der Waals surface area contributed by atoms with Gasteiger partial charge in [-0.05, 0) is 23.6 Å². The molecule has 0 fully saturated rings. The van der Waals surface area contributed by atoms with Crippen molar-refractivity contribution in [1.29, 1.82) is 0 Å². The topological polar surface area (TPSA) is 46.2 Å². The number of hydrogen-bond acceptors (Lipinski definition) is 2. The minimum atomic E-state index is 0. The Kier molecular flexibility index (Phi) is 5.58. The average molecular weight is 216 g/mol. The van der Waals surface area contributed by atoms with Crippen LogP contribution < -0.4 is 5.73 Å². The van der Waals surface area contributed by atoms with E-state index in [4.69, 9.17) is 5.73 Å². The van der Waals surface area contributed by atoms with E-state index in [2.05, 4.69) is 13.8 Å². The van der Waals surface area contributed by atoms with E-state index in [0.29, 0.717) is 5.92 Å². The van der Waals surface area contributed by atoms with E-state index in [0.717, 1.165) is 12.0 Å². The van der Waals surface area contributed by atoms with Crippen LogP contribution in [0.25, 0.3) is 0 Å². The summed E-state index contributed by atoms with van der Waals surface area (Å²) in [5, 5.41) is 9.26. The quantitative estimate of drug-likeness (QED) is 0.815. The van der Waals surface area contributed by atoms with Crippen LogP contribution in [0.4, 0.5) is 0 Å². The average Bonchev–Trinajstić information content (AvgIpc) is 2.15. The fraction of sp³-hybridized carbons (Fsp3) is 0.455. The third kappa shape index (κ3) is 3.20. The second kappa shape index (κ2) is 5.89. The Hall–Kier alpha value is -0.730. The summed E-state index contributed by atoms with van der Waals surface area (Å²) < 4.78 is 0. The normalized spacial score (nSPS) is 14.2. The van der Waals surface area contributed by atoms with Gasteiger partial charge >= 0.3 is 0 Å². The van der Waals surface area contributed by atoms with Crippen LogP contribution in [0.1, 0.15) is 31.9 Å². The Bertz CT molecular complexity index is 278. The Morgan fingerprint density at radius 1 is 1.43 bits per heavy atom. The maximum Gasteiger partial charge on any atom is 0.115 e. The number of nitrogens with two attached hydrogens (primary N) is 1. The first kappa shape index (κ1) is 13.3. The second-order valence-corrected chi connectivity index (χ2v) is 3.51. The molecule has 0 saturated carbocycles. The lowest BCUT2D eigenvalue weighted by atomic mass is 9.93. The largest absolute Gasteiger partial charge is 0.508 e. The van der Waals surface area contributed by atoms with Gasteiger partial charge in [0.2, 0.25) is 0 Å². The molecule has 1 aromatic rings. The van der Waals surface area contributed by atoms with Gasteiger partial charge in [0.15, 0.2) is 0 Å². The summed E-state index contributed by atoms with van der Waals surface area (Å²) in [6.07, 6.45) is 1.05. The van der Waals surface area contributed by atoms with E-state index in [1.165, 1.54) is 0 Å². The predicted molar refractivity (Wildman–Crippen MR) is 61.7 cm³/mol. The van der Waals surface area contributed by atoms with E-state index in [9.17, 15) is 5.11 Å². The lowest BCUT2D eigenvalue weighted by Gasteiger charge is -2.18. The smallest absolute Gasteiger partial charge is 0.115 e. The number of benzene rings is 1. The van der Waals surface area contributed by atoms with Gasteiger partial charge in [-0.1, -0.05) is 32.4 Å². The monoisotopic (exact) mass is 215 g/mol. The van der Waals surface area contributed by atoms with Crippen molar-refractivity contribution in [1.82, 2.24) is 0 Å². The van der Waals surface area contributed by atoms with Crippen LogP contribution in [0.15, 0.2) is 24.3 Å². The van der Waals surface area contributed by atoms with Crippen molar-refractivity contribution in [3.8, 4) is 5.75 Å². The molecule has 0 aliphatic rings. The molecule has 0 amide bonds. The van der Waals surface area contributed by atoms with E-state index in [1.54, 1.807) is 12.1 Å². The molecule has 1 rings (SSSR count). The minimum absolute atomic E-state index is 0. The molecule has 0 radical (unpaired) electrons. The molecule has 0 saturated heterocycles. The van der Waals surface area contributed by atoms with Crippen LogP contribution in [0.5, 0.6) is 5.75 Å². The van der Waals surface area contributed by atoms with E-state index in [1.807, 2.05) is 12.1 Å². The fourth-order valence-electron chi connectivity index (χ4n) is 1.31. The van der Waals surface area contributed by atoms with Gasteiger partial charge in [0.1, 0.15) is 5.75 Å². The van der Waals surface area contributed by atoms with Gasteiger partial charge in [-0.2, -0.15) is 0 Å². The molecule has 3 N–H and O–H groups in total. The summed E-state index contributed by atoms with van der Waals surface area (Å²) in [6, 6.07) is 7.20. The highest BCUT2D eigenvalue weighted by Gasteiger charge is 2.12. The van der Waals surface area contributed by atoms with Gasteiger partial charge in [-0.15, -0.1) is 12.4 Å². The third-order valence-corrected chi connectivity index (χ3v) is 2.51. The Morgan fingerprint density at radius 2 is 2.07 bits per heavy atom. The van der Waals surface area contributed by atoms with Crippen LogP contribution >= 0.6 is 12.4 Å². The van der Waals surface area contributed by atoms with Gasteiger partial charge in [-0.3, -0.25) is 0 Å². The highest BCUT2D eigenvalue weighted by atomic mass is 35.5. The number of halogens is 1. The summed E-state index contributed by atoms with van der Waals surface area (Å²) >= 11 is 0. The first-order valence-corrected chi connectivity index (χ1v) is 4.69. The molecule has 14 heavy (non-hydrogen) atoms. The fourth-order valence-corrected chi connectivity index (χ4v) is 1.31. The highest BCUT2D eigenvalue weighted by Crippen LogP contribution is 2.23. The molecule has 1 aromatic carbocycles. The van der Waals surface area contributed by atoms with Gasteiger partial charge in [0, 0.05) is 6.04 Å². The molecule has 1 unspecified atom stereocenters. The summed E-state index contributed by atoms with van der Waals surface area (Å²) in [7, 11) is 0. The molecule has 3 heteroatoms. The van der Waals surface area contributed by atoms with Crippen molar-refractivity contribution >= 4 is 12.4 Å². The van der Waals surface area contributed by atoms with E-state index in [-0.39, 0.29) is 24.2 Å². The molecule has 0 aliphatic heterocycles. The number of phenolic OH excluding ortho intramolecular Hbond substituents is 1. The van der Waals surface area contributed by atoms with E-state index >= 15 is 0 Å². The van der Waals surface area contributed by atoms with Gasteiger partial charge in [-0.25, -0.2) is 0 Å². The molecule has 0 bridgehead atoms. The standard InChI is InChI=1S/C11H17NO.ClH/c1-3-8(2)11(12)9-5-4-6-10(13)7-9;/h4-8,11,13H,3,12H2,1-2H3;1H/t8?,11-;/m0./s1. The summed E-state index contributed by atoms with van der Waals surface area (Å²) in [5.41, 5.74) is 7.02. The zero-order valence-electron chi connectivity index (χ0n) is 8.60. The highest BCUT2D eigenvalue weighted by molar-refractivity contribution is 5.85. The zero-order valence-corrected chi connectivity index (χ0v) is 9.42. The predicted octanol–water partition coefficient (Wildman–Crippen LogP) is 2.86. The van der Waals surface area contributed by atoms with Crippen molar-refractivity contribution in [3.05, 3.63) is 29.8 Å². The first-order valence-electron chi connectivity index (χ1n) is 4.69. The molecule has 80 valence electrons. The molecule has 0 aromatic heterocycles. The zero-order chi connectivity index (χ0) is 9.84. The molecule has 2 nitrogen and oxygen atoms in total. The third-order valence-electron chi connectivity index (χ3n) is 2.51. The van der Waals surface area contributed by atoms with Crippen molar-refractivity contribution in [2.75, 3.05) is 0 Å². The Labute approximate surface area is 91.5 Å². The maximum atomic E-state index is 9.26. The molecular formula is C11H18ClNO. The summed E-state index contributed by atoms with van der Waals surface area (Å²) in [6.45, 7) is 4.24. The van der Waals surface area contributed by atoms with Gasteiger partial charge in [0.25, 0.3) is 0 Å². The SMILES string of the molecule is CCC(C)[C@H](N)c1cccc(O)c1.Cl. The Morgan fingerprint density at radius 3 is 2.57 bits per heavy atom. The molecule has 0 heterocycles. The van der Waals surface area contributed by atoms with Crippen molar-refractivity contribution in [2.45, 2.75) is 26.3 Å². The molecule has 0 spiro atoms. The van der Waals surface area contributed by atoms with Crippen molar-refractivity contribution < 1.29 is 5.11 Å².